The van der Waals surface area contributed by atoms with E-state index in [2.05, 4.69) is 10.6 Å². The molecule has 0 fully saturated rings. The van der Waals surface area contributed by atoms with E-state index in [-0.39, 0.29) is 23.0 Å². The first kappa shape index (κ1) is 16.4. The van der Waals surface area contributed by atoms with Crippen LogP contribution in [0.25, 0.3) is 0 Å². The standard InChI is InChI=1S/C12H14Cl2N2O4/c1-20-11-8(13)5-7(6-9(11)14)16-12(19)15-4-2-3-10(17)18/h5-6H,2-4H2,1H3,(H,17,18)(H2,15,16,19). The molecule has 2 amide bonds. The Hall–Kier alpha value is -1.66. The predicted molar refractivity (Wildman–Crippen MR) is 76.9 cm³/mol. The van der Waals surface area contributed by atoms with Crippen molar-refractivity contribution in [1.29, 1.82) is 0 Å². The maximum absolute atomic E-state index is 11.5. The molecule has 0 spiro atoms. The van der Waals surface area contributed by atoms with E-state index < -0.39 is 12.0 Å². The third kappa shape index (κ3) is 5.14. The second-order valence-corrected chi connectivity index (χ2v) is 4.67. The summed E-state index contributed by atoms with van der Waals surface area (Å²) in [6.07, 6.45) is 0.355. The summed E-state index contributed by atoms with van der Waals surface area (Å²) in [5, 5.41) is 14.1. The highest BCUT2D eigenvalue weighted by molar-refractivity contribution is 6.37. The van der Waals surface area contributed by atoms with Crippen LogP contribution >= 0.6 is 23.2 Å². The maximum Gasteiger partial charge on any atom is 0.319 e. The zero-order chi connectivity index (χ0) is 15.1. The minimum Gasteiger partial charge on any atom is -0.494 e. The van der Waals surface area contributed by atoms with Crippen LogP contribution < -0.4 is 15.4 Å². The van der Waals surface area contributed by atoms with Gasteiger partial charge in [-0.1, -0.05) is 23.2 Å². The number of amides is 2. The van der Waals surface area contributed by atoms with Crippen LogP contribution in [0.2, 0.25) is 10.0 Å². The summed E-state index contributed by atoms with van der Waals surface area (Å²) < 4.78 is 4.99. The van der Waals surface area contributed by atoms with Crippen LogP contribution in [-0.2, 0) is 4.79 Å². The lowest BCUT2D eigenvalue weighted by atomic mass is 10.3. The third-order valence-electron chi connectivity index (χ3n) is 2.31. The number of hydrogen-bond donors (Lipinski definition) is 3. The molecule has 0 aliphatic rings. The van der Waals surface area contributed by atoms with Crippen molar-refractivity contribution >= 4 is 40.9 Å². The van der Waals surface area contributed by atoms with Crippen molar-refractivity contribution in [2.75, 3.05) is 19.0 Å². The number of rotatable bonds is 6. The van der Waals surface area contributed by atoms with Crippen molar-refractivity contribution in [2.24, 2.45) is 0 Å². The van der Waals surface area contributed by atoms with Crippen molar-refractivity contribution in [2.45, 2.75) is 12.8 Å². The van der Waals surface area contributed by atoms with E-state index in [4.69, 9.17) is 33.0 Å². The molecule has 1 rings (SSSR count). The lowest BCUT2D eigenvalue weighted by molar-refractivity contribution is -0.137. The van der Waals surface area contributed by atoms with E-state index in [1.807, 2.05) is 0 Å². The molecule has 0 unspecified atom stereocenters. The fraction of sp³-hybridized carbons (Fsp3) is 0.333. The number of ether oxygens (including phenoxy) is 1. The predicted octanol–water partition coefficient (Wildman–Crippen LogP) is 2.99. The number of carbonyl (C=O) groups is 2. The largest absolute Gasteiger partial charge is 0.494 e. The van der Waals surface area contributed by atoms with Crippen LogP contribution in [0.5, 0.6) is 5.75 Å². The molecule has 0 aliphatic heterocycles. The molecule has 0 aromatic heterocycles. The van der Waals surface area contributed by atoms with E-state index in [1.165, 1.54) is 19.2 Å². The number of urea groups is 1. The molecule has 0 aliphatic carbocycles. The molecule has 0 saturated carbocycles. The normalized spacial score (nSPS) is 9.95. The van der Waals surface area contributed by atoms with Gasteiger partial charge < -0.3 is 20.5 Å². The van der Waals surface area contributed by atoms with Gasteiger partial charge in [0, 0.05) is 18.7 Å². The first-order valence-corrected chi connectivity index (χ1v) is 6.49. The average molecular weight is 321 g/mol. The van der Waals surface area contributed by atoms with E-state index >= 15 is 0 Å². The molecule has 8 heteroatoms. The van der Waals surface area contributed by atoms with E-state index in [9.17, 15) is 9.59 Å². The number of benzene rings is 1. The summed E-state index contributed by atoms with van der Waals surface area (Å²) in [7, 11) is 1.44. The van der Waals surface area contributed by atoms with Crippen LogP contribution in [0.3, 0.4) is 0 Å². The van der Waals surface area contributed by atoms with Gasteiger partial charge in [0.25, 0.3) is 0 Å². The molecule has 20 heavy (non-hydrogen) atoms. The van der Waals surface area contributed by atoms with Crippen LogP contribution in [0.1, 0.15) is 12.8 Å². The van der Waals surface area contributed by atoms with Gasteiger partial charge in [0.2, 0.25) is 0 Å². The lowest BCUT2D eigenvalue weighted by Gasteiger charge is -2.10. The number of nitrogens with one attached hydrogen (secondary N) is 2. The Balaban J connectivity index is 2.52. The summed E-state index contributed by atoms with van der Waals surface area (Å²) in [5.74, 6) is -0.568. The molecular formula is C12H14Cl2N2O4. The van der Waals surface area contributed by atoms with Crippen molar-refractivity contribution in [3.05, 3.63) is 22.2 Å². The van der Waals surface area contributed by atoms with E-state index in [0.717, 1.165) is 0 Å². The molecule has 0 bridgehead atoms. The Morgan fingerprint density at radius 2 is 1.90 bits per heavy atom. The fourth-order valence-corrected chi connectivity index (χ4v) is 2.09. The molecule has 1 aromatic carbocycles. The number of anilines is 1. The molecule has 0 heterocycles. The Kier molecular flexibility index (Phi) is 6.41. The second kappa shape index (κ2) is 7.81. The number of halogens is 2. The smallest absolute Gasteiger partial charge is 0.319 e. The van der Waals surface area contributed by atoms with Gasteiger partial charge >= 0.3 is 12.0 Å². The Morgan fingerprint density at radius 1 is 1.30 bits per heavy atom. The van der Waals surface area contributed by atoms with Gasteiger partial charge in [-0.05, 0) is 18.6 Å². The number of hydrogen-bond acceptors (Lipinski definition) is 3. The zero-order valence-corrected chi connectivity index (χ0v) is 12.2. The minimum absolute atomic E-state index is 0.000468. The summed E-state index contributed by atoms with van der Waals surface area (Å²) in [5.41, 5.74) is 0.413. The molecular weight excluding hydrogens is 307 g/mol. The van der Waals surface area contributed by atoms with Crippen molar-refractivity contribution in [3.8, 4) is 5.75 Å². The number of carboxylic acid groups (broad SMARTS) is 1. The van der Waals surface area contributed by atoms with Gasteiger partial charge in [-0.2, -0.15) is 0 Å². The molecule has 6 nitrogen and oxygen atoms in total. The van der Waals surface area contributed by atoms with E-state index in [1.54, 1.807) is 0 Å². The highest BCUT2D eigenvalue weighted by Crippen LogP contribution is 2.35. The second-order valence-electron chi connectivity index (χ2n) is 3.85. The van der Waals surface area contributed by atoms with Gasteiger partial charge in [0.1, 0.15) is 0 Å². The van der Waals surface area contributed by atoms with Crippen molar-refractivity contribution in [3.63, 3.8) is 0 Å². The number of carboxylic acids is 1. The quantitative estimate of drug-likeness (QED) is 0.703. The molecule has 0 atom stereocenters. The van der Waals surface area contributed by atoms with Gasteiger partial charge in [0.15, 0.2) is 5.75 Å². The van der Waals surface area contributed by atoms with Gasteiger partial charge in [-0.3, -0.25) is 4.79 Å². The SMILES string of the molecule is COc1c(Cl)cc(NC(=O)NCCCC(=O)O)cc1Cl. The molecule has 1 aromatic rings. The number of aliphatic carboxylic acids is 1. The minimum atomic E-state index is -0.902. The summed E-state index contributed by atoms with van der Waals surface area (Å²) in [4.78, 5) is 21.8. The zero-order valence-electron chi connectivity index (χ0n) is 10.7. The van der Waals surface area contributed by atoms with Crippen LogP contribution in [-0.4, -0.2) is 30.8 Å². The molecule has 0 saturated heterocycles. The molecule has 3 N–H and O–H groups in total. The summed E-state index contributed by atoms with van der Waals surface area (Å²) in [6.45, 7) is 0.260. The molecule has 110 valence electrons. The average Bonchev–Trinajstić information content (AvgIpc) is 2.34. The highest BCUT2D eigenvalue weighted by Gasteiger charge is 2.10. The lowest BCUT2D eigenvalue weighted by Crippen LogP contribution is -2.29. The van der Waals surface area contributed by atoms with E-state index in [0.29, 0.717) is 17.9 Å². The van der Waals surface area contributed by atoms with Gasteiger partial charge in [0.05, 0.1) is 17.2 Å². The van der Waals surface area contributed by atoms with Crippen LogP contribution in [0.4, 0.5) is 10.5 Å². The maximum atomic E-state index is 11.5. The van der Waals surface area contributed by atoms with Crippen molar-refractivity contribution in [1.82, 2.24) is 5.32 Å². The summed E-state index contributed by atoms with van der Waals surface area (Å²) >= 11 is 11.9. The van der Waals surface area contributed by atoms with Gasteiger partial charge in [-0.25, -0.2) is 4.79 Å². The first-order valence-electron chi connectivity index (χ1n) is 5.73. The Bertz CT molecular complexity index is 485. The summed E-state index contributed by atoms with van der Waals surface area (Å²) in [6, 6.07) is 2.54. The third-order valence-corrected chi connectivity index (χ3v) is 2.87. The number of methoxy groups -OCH3 is 1. The Labute approximate surface area is 126 Å². The first-order chi connectivity index (χ1) is 9.43. The topological polar surface area (TPSA) is 87.7 Å². The highest BCUT2D eigenvalue weighted by atomic mass is 35.5. The van der Waals surface area contributed by atoms with Crippen LogP contribution in [0.15, 0.2) is 12.1 Å². The Morgan fingerprint density at radius 3 is 2.40 bits per heavy atom. The molecule has 0 radical (unpaired) electrons. The van der Waals surface area contributed by atoms with Gasteiger partial charge in [-0.15, -0.1) is 0 Å². The fourth-order valence-electron chi connectivity index (χ4n) is 1.44. The van der Waals surface area contributed by atoms with Crippen molar-refractivity contribution < 1.29 is 19.4 Å². The number of carbonyl (C=O) groups excluding carboxylic acids is 1. The van der Waals surface area contributed by atoms with Crippen LogP contribution in [0, 0.1) is 0 Å². The monoisotopic (exact) mass is 320 g/mol.